The van der Waals surface area contributed by atoms with E-state index in [0.717, 1.165) is 6.42 Å². The Balaban J connectivity index is 1.93. The maximum Gasteiger partial charge on any atom is 0.253 e. The van der Waals surface area contributed by atoms with E-state index in [1.165, 1.54) is 23.1 Å². The van der Waals surface area contributed by atoms with E-state index in [-0.39, 0.29) is 17.2 Å². The summed E-state index contributed by atoms with van der Waals surface area (Å²) in [6, 6.07) is 8.19. The number of hydrogen-bond acceptors (Lipinski definition) is 3. The van der Waals surface area contributed by atoms with Gasteiger partial charge in [-0.15, -0.1) is 11.3 Å². The Morgan fingerprint density at radius 2 is 2.17 bits per heavy atom. The van der Waals surface area contributed by atoms with Crippen molar-refractivity contribution in [2.24, 2.45) is 0 Å². The van der Waals surface area contributed by atoms with Gasteiger partial charge in [0.2, 0.25) is 0 Å². The molecule has 1 aromatic heterocycles. The second-order valence-corrected chi connectivity index (χ2v) is 4.82. The van der Waals surface area contributed by atoms with Crippen LogP contribution in [0.2, 0.25) is 0 Å². The van der Waals surface area contributed by atoms with E-state index in [2.05, 4.69) is 5.32 Å². The van der Waals surface area contributed by atoms with Crippen molar-refractivity contribution < 1.29 is 9.18 Å². The standard InChI is InChI=1S/C13H13FN2OS/c14-11-5-1-4-10(12(11)15)13(17)16-7-6-9-3-2-8-18-9/h1-5,8H,6-7,15H2,(H,16,17). The number of halogens is 1. The zero-order valence-electron chi connectivity index (χ0n) is 9.65. The highest BCUT2D eigenvalue weighted by Crippen LogP contribution is 2.15. The summed E-state index contributed by atoms with van der Waals surface area (Å²) >= 11 is 1.64. The zero-order valence-corrected chi connectivity index (χ0v) is 10.5. The number of carbonyl (C=O) groups is 1. The first-order valence-corrected chi connectivity index (χ1v) is 6.41. The molecule has 0 radical (unpaired) electrons. The van der Waals surface area contributed by atoms with Crippen molar-refractivity contribution in [1.29, 1.82) is 0 Å². The second kappa shape index (κ2) is 5.64. The molecule has 0 spiro atoms. The molecule has 1 amide bonds. The van der Waals surface area contributed by atoms with Crippen molar-refractivity contribution in [1.82, 2.24) is 5.32 Å². The normalized spacial score (nSPS) is 10.3. The zero-order chi connectivity index (χ0) is 13.0. The van der Waals surface area contributed by atoms with Crippen LogP contribution >= 0.6 is 11.3 Å². The topological polar surface area (TPSA) is 55.1 Å². The van der Waals surface area contributed by atoms with Crippen LogP contribution in [0.4, 0.5) is 10.1 Å². The molecule has 2 aromatic rings. The van der Waals surface area contributed by atoms with Gasteiger partial charge in [0.25, 0.3) is 5.91 Å². The van der Waals surface area contributed by atoms with Gasteiger partial charge in [0.05, 0.1) is 11.3 Å². The Morgan fingerprint density at radius 3 is 2.89 bits per heavy atom. The van der Waals surface area contributed by atoms with Crippen LogP contribution in [-0.2, 0) is 6.42 Å². The van der Waals surface area contributed by atoms with E-state index < -0.39 is 5.82 Å². The van der Waals surface area contributed by atoms with Crippen LogP contribution in [0.5, 0.6) is 0 Å². The summed E-state index contributed by atoms with van der Waals surface area (Å²) in [7, 11) is 0. The molecule has 0 unspecified atom stereocenters. The van der Waals surface area contributed by atoms with Crippen molar-refractivity contribution in [3.8, 4) is 0 Å². The van der Waals surface area contributed by atoms with Crippen molar-refractivity contribution >= 4 is 22.9 Å². The minimum absolute atomic E-state index is 0.105. The van der Waals surface area contributed by atoms with Gasteiger partial charge in [0, 0.05) is 11.4 Å². The highest BCUT2D eigenvalue weighted by molar-refractivity contribution is 7.09. The van der Waals surface area contributed by atoms with Gasteiger partial charge in [-0.1, -0.05) is 12.1 Å². The third kappa shape index (κ3) is 2.87. The predicted molar refractivity (Wildman–Crippen MR) is 71.2 cm³/mol. The van der Waals surface area contributed by atoms with Gasteiger partial charge in [0.15, 0.2) is 0 Å². The summed E-state index contributed by atoms with van der Waals surface area (Å²) in [4.78, 5) is 13.0. The number of amides is 1. The molecule has 5 heteroatoms. The molecule has 1 aromatic carbocycles. The van der Waals surface area contributed by atoms with Crippen molar-refractivity contribution in [2.75, 3.05) is 12.3 Å². The molecule has 0 aliphatic rings. The second-order valence-electron chi connectivity index (χ2n) is 3.79. The van der Waals surface area contributed by atoms with Crippen LogP contribution in [0.15, 0.2) is 35.7 Å². The lowest BCUT2D eigenvalue weighted by Gasteiger charge is -2.07. The molecule has 0 saturated carbocycles. The summed E-state index contributed by atoms with van der Waals surface area (Å²) in [6.07, 6.45) is 0.763. The number of anilines is 1. The maximum absolute atomic E-state index is 13.2. The third-order valence-electron chi connectivity index (χ3n) is 2.53. The number of thiophene rings is 1. The number of hydrogen-bond donors (Lipinski definition) is 2. The minimum atomic E-state index is -0.569. The molecule has 0 saturated heterocycles. The highest BCUT2D eigenvalue weighted by atomic mass is 32.1. The van der Waals surface area contributed by atoms with Crippen molar-refractivity contribution in [3.05, 3.63) is 52.0 Å². The SMILES string of the molecule is Nc1c(F)cccc1C(=O)NCCc1cccs1. The number of nitrogen functional groups attached to an aromatic ring is 1. The van der Waals surface area contributed by atoms with Gasteiger partial charge < -0.3 is 11.1 Å². The molecule has 3 N–H and O–H groups in total. The van der Waals surface area contributed by atoms with E-state index in [9.17, 15) is 9.18 Å². The number of nitrogens with two attached hydrogens (primary N) is 1. The highest BCUT2D eigenvalue weighted by Gasteiger charge is 2.11. The Kier molecular flexibility index (Phi) is 3.94. The van der Waals surface area contributed by atoms with E-state index in [0.29, 0.717) is 6.54 Å². The molecule has 0 bridgehead atoms. The number of benzene rings is 1. The van der Waals surface area contributed by atoms with E-state index in [1.807, 2.05) is 17.5 Å². The Hall–Kier alpha value is -1.88. The predicted octanol–water partition coefficient (Wildman–Crippen LogP) is 2.44. The minimum Gasteiger partial charge on any atom is -0.396 e. The van der Waals surface area contributed by atoms with Crippen LogP contribution in [0, 0.1) is 5.82 Å². The smallest absolute Gasteiger partial charge is 0.253 e. The molecular weight excluding hydrogens is 251 g/mol. The first-order chi connectivity index (χ1) is 8.68. The Bertz CT molecular complexity index is 540. The lowest BCUT2D eigenvalue weighted by Crippen LogP contribution is -2.26. The number of nitrogens with one attached hydrogen (secondary N) is 1. The molecule has 1 heterocycles. The third-order valence-corrected chi connectivity index (χ3v) is 3.47. The molecule has 0 aliphatic carbocycles. The molecule has 0 atom stereocenters. The fourth-order valence-electron chi connectivity index (χ4n) is 1.58. The van der Waals surface area contributed by atoms with E-state index in [1.54, 1.807) is 11.3 Å². The summed E-state index contributed by atoms with van der Waals surface area (Å²) in [5.74, 6) is -0.913. The maximum atomic E-state index is 13.2. The van der Waals surface area contributed by atoms with Gasteiger partial charge in [-0.05, 0) is 30.0 Å². The molecule has 3 nitrogen and oxygen atoms in total. The fourth-order valence-corrected chi connectivity index (χ4v) is 2.29. The van der Waals surface area contributed by atoms with Crippen LogP contribution in [0.25, 0.3) is 0 Å². The van der Waals surface area contributed by atoms with Gasteiger partial charge >= 0.3 is 0 Å². The average molecular weight is 264 g/mol. The Labute approximate surface area is 108 Å². The van der Waals surface area contributed by atoms with Crippen molar-refractivity contribution in [3.63, 3.8) is 0 Å². The van der Waals surface area contributed by atoms with Gasteiger partial charge in [0.1, 0.15) is 5.82 Å². The molecule has 18 heavy (non-hydrogen) atoms. The summed E-state index contributed by atoms with van der Waals surface area (Å²) in [5.41, 5.74) is 5.59. The van der Waals surface area contributed by atoms with Gasteiger partial charge in [-0.3, -0.25) is 4.79 Å². The molecule has 94 valence electrons. The molecule has 0 fully saturated rings. The van der Waals surface area contributed by atoms with Crippen LogP contribution in [0.1, 0.15) is 15.2 Å². The largest absolute Gasteiger partial charge is 0.396 e. The summed E-state index contributed by atoms with van der Waals surface area (Å²) in [5, 5.41) is 4.71. The molecule has 0 aliphatic heterocycles. The number of carbonyl (C=O) groups excluding carboxylic acids is 1. The first kappa shape index (κ1) is 12.6. The number of rotatable bonds is 4. The molecule has 2 rings (SSSR count). The van der Waals surface area contributed by atoms with Crippen molar-refractivity contribution in [2.45, 2.75) is 6.42 Å². The first-order valence-electron chi connectivity index (χ1n) is 5.53. The van der Waals surface area contributed by atoms with Gasteiger partial charge in [-0.25, -0.2) is 4.39 Å². The lowest BCUT2D eigenvalue weighted by molar-refractivity contribution is 0.0954. The monoisotopic (exact) mass is 264 g/mol. The summed E-state index contributed by atoms with van der Waals surface area (Å²) in [6.45, 7) is 0.509. The average Bonchev–Trinajstić information content (AvgIpc) is 2.85. The molecular formula is C13H13FN2OS. The number of para-hydroxylation sites is 1. The quantitative estimate of drug-likeness (QED) is 0.833. The summed E-state index contributed by atoms with van der Waals surface area (Å²) < 4.78 is 13.2. The van der Waals surface area contributed by atoms with E-state index >= 15 is 0 Å². The lowest BCUT2D eigenvalue weighted by atomic mass is 10.1. The Morgan fingerprint density at radius 1 is 1.33 bits per heavy atom. The fraction of sp³-hybridized carbons (Fsp3) is 0.154. The van der Waals surface area contributed by atoms with E-state index in [4.69, 9.17) is 5.73 Å². The van der Waals surface area contributed by atoms with Crippen LogP contribution in [0.3, 0.4) is 0 Å². The van der Waals surface area contributed by atoms with Crippen LogP contribution in [-0.4, -0.2) is 12.5 Å². The van der Waals surface area contributed by atoms with Crippen LogP contribution < -0.4 is 11.1 Å². The van der Waals surface area contributed by atoms with Gasteiger partial charge in [-0.2, -0.15) is 0 Å².